The Morgan fingerprint density at radius 3 is 2.66 bits per heavy atom. The van der Waals surface area contributed by atoms with Crippen LogP contribution in [0.4, 0.5) is 5.69 Å². The SMILES string of the molecule is CN=C(NCCS(=O)(=O)N1CCc2ccccc21)NC1CN(C(C)C)CC1C.I. The third-order valence-corrected chi connectivity index (χ3v) is 7.52. The van der Waals surface area contributed by atoms with Gasteiger partial charge >= 0.3 is 0 Å². The predicted octanol–water partition coefficient (Wildman–Crippen LogP) is 1.89. The van der Waals surface area contributed by atoms with Crippen LogP contribution in [0.5, 0.6) is 0 Å². The van der Waals surface area contributed by atoms with Crippen molar-refractivity contribution in [2.45, 2.75) is 39.3 Å². The van der Waals surface area contributed by atoms with Gasteiger partial charge in [-0.15, -0.1) is 24.0 Å². The fourth-order valence-electron chi connectivity index (χ4n) is 3.99. The first-order chi connectivity index (χ1) is 13.3. The molecule has 1 aromatic carbocycles. The Labute approximate surface area is 192 Å². The Bertz CT molecular complexity index is 815. The molecule has 7 nitrogen and oxygen atoms in total. The largest absolute Gasteiger partial charge is 0.355 e. The zero-order valence-corrected chi connectivity index (χ0v) is 20.9. The first kappa shape index (κ1) is 24.2. The van der Waals surface area contributed by atoms with E-state index < -0.39 is 10.0 Å². The summed E-state index contributed by atoms with van der Waals surface area (Å²) in [5, 5.41) is 6.64. The van der Waals surface area contributed by atoms with Gasteiger partial charge in [0.05, 0.1) is 11.4 Å². The minimum absolute atomic E-state index is 0. The fraction of sp³-hybridized carbons (Fsp3) is 0.650. The number of benzene rings is 1. The van der Waals surface area contributed by atoms with Crippen LogP contribution in [-0.4, -0.2) is 70.3 Å². The quantitative estimate of drug-likeness (QED) is 0.331. The summed E-state index contributed by atoms with van der Waals surface area (Å²) < 4.78 is 27.1. The number of halogens is 1. The van der Waals surface area contributed by atoms with Gasteiger partial charge in [-0.3, -0.25) is 14.2 Å². The molecule has 2 N–H and O–H groups in total. The summed E-state index contributed by atoms with van der Waals surface area (Å²) in [4.78, 5) is 6.73. The third kappa shape index (κ3) is 5.75. The standard InChI is InChI=1S/C20H33N5O2S.HI/c1-15(2)24-13-16(3)18(14-24)23-20(21-4)22-10-12-28(26,27)25-11-9-17-7-5-6-8-19(17)25;/h5-8,15-16,18H,9-14H2,1-4H3,(H2,21,22,23);1H. The monoisotopic (exact) mass is 535 g/mol. The molecule has 0 spiro atoms. The minimum Gasteiger partial charge on any atom is -0.355 e. The molecule has 164 valence electrons. The average Bonchev–Trinajstić information content (AvgIpc) is 3.25. The molecule has 0 aliphatic carbocycles. The topological polar surface area (TPSA) is 77.0 Å². The second-order valence-corrected chi connectivity index (χ2v) is 10.1. The summed E-state index contributed by atoms with van der Waals surface area (Å²) in [5.74, 6) is 1.23. The molecule has 1 aromatic rings. The van der Waals surface area contributed by atoms with Crippen molar-refractivity contribution < 1.29 is 8.42 Å². The van der Waals surface area contributed by atoms with E-state index in [0.717, 1.165) is 30.8 Å². The fourth-order valence-corrected chi connectivity index (χ4v) is 5.42. The minimum atomic E-state index is -3.36. The van der Waals surface area contributed by atoms with E-state index >= 15 is 0 Å². The number of aliphatic imine (C=N–C) groups is 1. The lowest BCUT2D eigenvalue weighted by Gasteiger charge is -2.23. The highest BCUT2D eigenvalue weighted by Gasteiger charge is 2.32. The molecular formula is C20H34IN5O2S. The van der Waals surface area contributed by atoms with Gasteiger partial charge in [-0.1, -0.05) is 25.1 Å². The molecule has 2 aliphatic heterocycles. The molecule has 0 amide bonds. The molecule has 2 heterocycles. The molecule has 1 fully saturated rings. The lowest BCUT2D eigenvalue weighted by Crippen LogP contribution is -2.48. The van der Waals surface area contributed by atoms with Crippen molar-refractivity contribution in [1.29, 1.82) is 0 Å². The molecule has 0 radical (unpaired) electrons. The second-order valence-electron chi connectivity index (χ2n) is 8.04. The van der Waals surface area contributed by atoms with Gasteiger partial charge in [0, 0.05) is 45.3 Å². The van der Waals surface area contributed by atoms with Crippen LogP contribution < -0.4 is 14.9 Å². The molecule has 1 saturated heterocycles. The number of rotatable bonds is 6. The van der Waals surface area contributed by atoms with E-state index in [4.69, 9.17) is 0 Å². The highest BCUT2D eigenvalue weighted by molar-refractivity contribution is 14.0. The second kappa shape index (κ2) is 10.3. The van der Waals surface area contributed by atoms with Crippen molar-refractivity contribution in [3.8, 4) is 0 Å². The maximum atomic E-state index is 12.8. The lowest BCUT2D eigenvalue weighted by atomic mass is 10.1. The van der Waals surface area contributed by atoms with Crippen LogP contribution >= 0.6 is 24.0 Å². The van der Waals surface area contributed by atoms with Crippen molar-refractivity contribution in [3.05, 3.63) is 29.8 Å². The van der Waals surface area contributed by atoms with Crippen LogP contribution in [0.3, 0.4) is 0 Å². The van der Waals surface area contributed by atoms with Crippen molar-refractivity contribution in [1.82, 2.24) is 15.5 Å². The molecule has 2 unspecified atom stereocenters. The normalized spacial score (nSPS) is 22.5. The summed E-state index contributed by atoms with van der Waals surface area (Å²) in [5.41, 5.74) is 1.92. The zero-order chi connectivity index (χ0) is 20.3. The molecular weight excluding hydrogens is 501 g/mol. The first-order valence-corrected chi connectivity index (χ1v) is 11.7. The molecule has 29 heavy (non-hydrogen) atoms. The Kier molecular flexibility index (Phi) is 8.59. The van der Waals surface area contributed by atoms with Crippen LogP contribution in [0.1, 0.15) is 26.3 Å². The van der Waals surface area contributed by atoms with Crippen LogP contribution in [0.25, 0.3) is 0 Å². The van der Waals surface area contributed by atoms with Gasteiger partial charge in [0.25, 0.3) is 0 Å². The summed E-state index contributed by atoms with van der Waals surface area (Å²) in [6.07, 6.45) is 0.776. The van der Waals surface area contributed by atoms with E-state index in [0.29, 0.717) is 37.1 Å². The van der Waals surface area contributed by atoms with Gasteiger partial charge < -0.3 is 10.6 Å². The van der Waals surface area contributed by atoms with E-state index in [1.807, 2.05) is 24.3 Å². The highest BCUT2D eigenvalue weighted by Crippen LogP contribution is 2.29. The number of fused-ring (bicyclic) bond motifs is 1. The van der Waals surface area contributed by atoms with E-state index in [9.17, 15) is 8.42 Å². The third-order valence-electron chi connectivity index (χ3n) is 5.75. The Hall–Kier alpha value is -1.07. The molecule has 0 bridgehead atoms. The number of guanidine groups is 1. The maximum absolute atomic E-state index is 12.8. The van der Waals surface area contributed by atoms with Gasteiger partial charge in [-0.2, -0.15) is 0 Å². The van der Waals surface area contributed by atoms with Crippen LogP contribution in [0, 0.1) is 5.92 Å². The van der Waals surface area contributed by atoms with Crippen molar-refractivity contribution in [3.63, 3.8) is 0 Å². The van der Waals surface area contributed by atoms with E-state index in [-0.39, 0.29) is 29.7 Å². The number of sulfonamides is 1. The Morgan fingerprint density at radius 1 is 1.28 bits per heavy atom. The zero-order valence-electron chi connectivity index (χ0n) is 17.8. The molecule has 9 heteroatoms. The van der Waals surface area contributed by atoms with Gasteiger partial charge in [-0.05, 0) is 37.8 Å². The van der Waals surface area contributed by atoms with Gasteiger partial charge in [0.2, 0.25) is 10.0 Å². The van der Waals surface area contributed by atoms with E-state index in [2.05, 4.69) is 41.3 Å². The van der Waals surface area contributed by atoms with E-state index in [1.54, 1.807) is 11.4 Å². The number of hydrogen-bond donors (Lipinski definition) is 2. The number of para-hydroxylation sites is 1. The molecule has 0 saturated carbocycles. The van der Waals surface area contributed by atoms with Crippen molar-refractivity contribution >= 4 is 45.6 Å². The number of likely N-dealkylation sites (tertiary alicyclic amines) is 1. The smallest absolute Gasteiger partial charge is 0.236 e. The highest BCUT2D eigenvalue weighted by atomic mass is 127. The molecule has 2 atom stereocenters. The van der Waals surface area contributed by atoms with Crippen LogP contribution in [0.2, 0.25) is 0 Å². The summed E-state index contributed by atoms with van der Waals surface area (Å²) >= 11 is 0. The summed E-state index contributed by atoms with van der Waals surface area (Å²) in [7, 11) is -1.63. The Balaban J connectivity index is 0.00000300. The number of nitrogens with one attached hydrogen (secondary N) is 2. The number of nitrogens with zero attached hydrogens (tertiary/aromatic N) is 3. The number of anilines is 1. The maximum Gasteiger partial charge on any atom is 0.236 e. The van der Waals surface area contributed by atoms with Crippen molar-refractivity contribution in [2.24, 2.45) is 10.9 Å². The van der Waals surface area contributed by atoms with Gasteiger partial charge in [0.1, 0.15) is 0 Å². The Morgan fingerprint density at radius 2 is 2.00 bits per heavy atom. The molecule has 3 rings (SSSR count). The van der Waals surface area contributed by atoms with E-state index in [1.165, 1.54) is 0 Å². The number of hydrogen-bond acceptors (Lipinski definition) is 4. The average molecular weight is 535 g/mol. The van der Waals surface area contributed by atoms with Gasteiger partial charge in [0.15, 0.2) is 5.96 Å². The van der Waals surface area contributed by atoms with Crippen LogP contribution in [0.15, 0.2) is 29.3 Å². The predicted molar refractivity (Wildman–Crippen MR) is 131 cm³/mol. The van der Waals surface area contributed by atoms with Crippen molar-refractivity contribution in [2.75, 3.05) is 43.3 Å². The summed E-state index contributed by atoms with van der Waals surface area (Å²) in [6, 6.07) is 8.57. The van der Waals surface area contributed by atoms with Gasteiger partial charge in [-0.25, -0.2) is 8.42 Å². The lowest BCUT2D eigenvalue weighted by molar-refractivity contribution is 0.265. The summed E-state index contributed by atoms with van der Waals surface area (Å²) in [6.45, 7) is 9.56. The first-order valence-electron chi connectivity index (χ1n) is 10.1. The molecule has 0 aromatic heterocycles. The van der Waals surface area contributed by atoms with Crippen LogP contribution in [-0.2, 0) is 16.4 Å². The molecule has 2 aliphatic rings.